The van der Waals surface area contributed by atoms with Gasteiger partial charge in [0.1, 0.15) is 0 Å². The standard InChI is InChI=1S/C12H11ClF3N3O/c1-19(5-4-17)7-11(20)18-8-2-3-10(13)9(6-8)12(14,15)16/h2-3,6H,5,7H2,1H3,(H,18,20). The molecule has 0 aromatic heterocycles. The molecule has 20 heavy (non-hydrogen) atoms. The van der Waals surface area contributed by atoms with Gasteiger partial charge >= 0.3 is 6.18 Å². The van der Waals surface area contributed by atoms with Crippen LogP contribution >= 0.6 is 11.6 Å². The molecule has 1 rings (SSSR count). The van der Waals surface area contributed by atoms with Gasteiger partial charge < -0.3 is 5.32 Å². The molecule has 4 nitrogen and oxygen atoms in total. The third kappa shape index (κ3) is 4.72. The Hall–Kier alpha value is -1.78. The lowest BCUT2D eigenvalue weighted by atomic mass is 10.2. The number of nitrogens with one attached hydrogen (secondary N) is 1. The third-order valence-corrected chi connectivity index (χ3v) is 2.64. The summed E-state index contributed by atoms with van der Waals surface area (Å²) >= 11 is 5.47. The van der Waals surface area contributed by atoms with Crippen molar-refractivity contribution in [1.29, 1.82) is 5.26 Å². The number of amides is 1. The molecule has 0 aliphatic carbocycles. The summed E-state index contributed by atoms with van der Waals surface area (Å²) in [5.41, 5.74) is -1.01. The Labute approximate surface area is 118 Å². The first-order chi connectivity index (χ1) is 9.24. The molecule has 0 heterocycles. The van der Waals surface area contributed by atoms with Crippen LogP contribution in [0.5, 0.6) is 0 Å². The average Bonchev–Trinajstić information content (AvgIpc) is 2.30. The molecule has 0 saturated heterocycles. The molecule has 0 saturated carbocycles. The fourth-order valence-electron chi connectivity index (χ4n) is 1.44. The molecule has 0 unspecified atom stereocenters. The SMILES string of the molecule is CN(CC#N)CC(=O)Nc1ccc(Cl)c(C(F)(F)F)c1. The third-order valence-electron chi connectivity index (χ3n) is 2.31. The summed E-state index contributed by atoms with van der Waals surface area (Å²) in [6.07, 6.45) is -4.59. The molecule has 0 spiro atoms. The van der Waals surface area contributed by atoms with E-state index in [9.17, 15) is 18.0 Å². The van der Waals surface area contributed by atoms with Gasteiger partial charge in [-0.05, 0) is 25.2 Å². The number of hydrogen-bond donors (Lipinski definition) is 1. The predicted octanol–water partition coefficient (Wildman–Crippen LogP) is 2.75. The number of rotatable bonds is 4. The normalized spacial score (nSPS) is 11.2. The Morgan fingerprint density at radius 2 is 2.15 bits per heavy atom. The largest absolute Gasteiger partial charge is 0.417 e. The van der Waals surface area contributed by atoms with E-state index in [4.69, 9.17) is 16.9 Å². The lowest BCUT2D eigenvalue weighted by Gasteiger charge is -2.14. The quantitative estimate of drug-likeness (QED) is 0.870. The Morgan fingerprint density at radius 1 is 1.50 bits per heavy atom. The van der Waals surface area contributed by atoms with Crippen LogP contribution in [0.2, 0.25) is 5.02 Å². The number of hydrogen-bond acceptors (Lipinski definition) is 3. The lowest BCUT2D eigenvalue weighted by molar-refractivity contribution is -0.137. The highest BCUT2D eigenvalue weighted by atomic mass is 35.5. The van der Waals surface area contributed by atoms with E-state index in [0.717, 1.165) is 12.1 Å². The molecule has 0 aliphatic heterocycles. The number of benzene rings is 1. The summed E-state index contributed by atoms with van der Waals surface area (Å²) < 4.78 is 37.9. The first-order valence-corrected chi connectivity index (χ1v) is 5.84. The van der Waals surface area contributed by atoms with Gasteiger partial charge in [0.25, 0.3) is 0 Å². The molecule has 1 aromatic rings. The topological polar surface area (TPSA) is 56.1 Å². The number of alkyl halides is 3. The van der Waals surface area contributed by atoms with E-state index in [-0.39, 0.29) is 18.8 Å². The van der Waals surface area contributed by atoms with Crippen molar-refractivity contribution in [1.82, 2.24) is 4.90 Å². The van der Waals surface area contributed by atoms with E-state index in [2.05, 4.69) is 5.32 Å². The number of anilines is 1. The second-order valence-corrected chi connectivity index (χ2v) is 4.48. The maximum atomic E-state index is 12.6. The van der Waals surface area contributed by atoms with E-state index < -0.39 is 22.7 Å². The number of likely N-dealkylation sites (N-methyl/N-ethyl adjacent to an activating group) is 1. The molecule has 0 atom stereocenters. The van der Waals surface area contributed by atoms with E-state index >= 15 is 0 Å². The Bertz CT molecular complexity index is 540. The fraction of sp³-hybridized carbons (Fsp3) is 0.333. The Kier molecular flexibility index (Phi) is 5.36. The first-order valence-electron chi connectivity index (χ1n) is 5.46. The Balaban J connectivity index is 2.79. The summed E-state index contributed by atoms with van der Waals surface area (Å²) in [5.74, 6) is -0.516. The van der Waals surface area contributed by atoms with Gasteiger partial charge in [0.15, 0.2) is 0 Å². The number of carbonyl (C=O) groups is 1. The van der Waals surface area contributed by atoms with Crippen molar-refractivity contribution in [3.63, 3.8) is 0 Å². The van der Waals surface area contributed by atoms with E-state index in [1.807, 2.05) is 6.07 Å². The van der Waals surface area contributed by atoms with Crippen LogP contribution in [-0.4, -0.2) is 30.9 Å². The van der Waals surface area contributed by atoms with Gasteiger partial charge in [0.05, 0.1) is 29.7 Å². The fourth-order valence-corrected chi connectivity index (χ4v) is 1.67. The van der Waals surface area contributed by atoms with Crippen LogP contribution in [0.1, 0.15) is 5.56 Å². The van der Waals surface area contributed by atoms with Crippen molar-refractivity contribution in [3.8, 4) is 6.07 Å². The van der Waals surface area contributed by atoms with Crippen molar-refractivity contribution in [3.05, 3.63) is 28.8 Å². The van der Waals surface area contributed by atoms with Crippen LogP contribution in [0.3, 0.4) is 0 Å². The summed E-state index contributed by atoms with van der Waals surface area (Å²) in [5, 5.41) is 10.3. The minimum atomic E-state index is -4.59. The van der Waals surface area contributed by atoms with Crippen molar-refractivity contribution in [2.24, 2.45) is 0 Å². The van der Waals surface area contributed by atoms with Gasteiger partial charge in [-0.15, -0.1) is 0 Å². The maximum absolute atomic E-state index is 12.6. The molecule has 0 radical (unpaired) electrons. The zero-order chi connectivity index (χ0) is 15.3. The molecular formula is C12H11ClF3N3O. The molecule has 108 valence electrons. The zero-order valence-electron chi connectivity index (χ0n) is 10.5. The predicted molar refractivity (Wildman–Crippen MR) is 68.2 cm³/mol. The van der Waals surface area contributed by atoms with Crippen molar-refractivity contribution >= 4 is 23.2 Å². The molecule has 1 aromatic carbocycles. The van der Waals surface area contributed by atoms with Crippen LogP contribution in [0.4, 0.5) is 18.9 Å². The minimum absolute atomic E-state index is 0.00270. The van der Waals surface area contributed by atoms with E-state index in [1.54, 1.807) is 7.05 Å². The van der Waals surface area contributed by atoms with Crippen molar-refractivity contribution < 1.29 is 18.0 Å². The maximum Gasteiger partial charge on any atom is 0.417 e. The van der Waals surface area contributed by atoms with Gasteiger partial charge in [-0.1, -0.05) is 11.6 Å². The van der Waals surface area contributed by atoms with Crippen molar-refractivity contribution in [2.75, 3.05) is 25.5 Å². The molecule has 0 fully saturated rings. The summed E-state index contributed by atoms with van der Waals surface area (Å²) in [4.78, 5) is 13.0. The Morgan fingerprint density at radius 3 is 2.70 bits per heavy atom. The van der Waals surface area contributed by atoms with Crippen LogP contribution in [0.15, 0.2) is 18.2 Å². The van der Waals surface area contributed by atoms with E-state index in [1.165, 1.54) is 11.0 Å². The van der Waals surface area contributed by atoms with Crippen LogP contribution in [0.25, 0.3) is 0 Å². The first kappa shape index (κ1) is 16.3. The number of nitrogens with zero attached hydrogens (tertiary/aromatic N) is 2. The molecule has 8 heteroatoms. The zero-order valence-corrected chi connectivity index (χ0v) is 11.2. The van der Waals surface area contributed by atoms with Gasteiger partial charge in [-0.25, -0.2) is 0 Å². The highest BCUT2D eigenvalue weighted by molar-refractivity contribution is 6.31. The minimum Gasteiger partial charge on any atom is -0.325 e. The highest BCUT2D eigenvalue weighted by Crippen LogP contribution is 2.36. The number of carbonyl (C=O) groups excluding carboxylic acids is 1. The second-order valence-electron chi connectivity index (χ2n) is 4.07. The van der Waals surface area contributed by atoms with Crippen LogP contribution in [0, 0.1) is 11.3 Å². The second kappa shape index (κ2) is 6.59. The van der Waals surface area contributed by atoms with Crippen LogP contribution < -0.4 is 5.32 Å². The van der Waals surface area contributed by atoms with Crippen molar-refractivity contribution in [2.45, 2.75) is 6.18 Å². The van der Waals surface area contributed by atoms with E-state index in [0.29, 0.717) is 0 Å². The average molecular weight is 306 g/mol. The summed E-state index contributed by atoms with van der Waals surface area (Å²) in [6, 6.07) is 4.97. The van der Waals surface area contributed by atoms with Gasteiger partial charge in [0.2, 0.25) is 5.91 Å². The van der Waals surface area contributed by atoms with Crippen LogP contribution in [-0.2, 0) is 11.0 Å². The monoisotopic (exact) mass is 305 g/mol. The smallest absolute Gasteiger partial charge is 0.325 e. The lowest BCUT2D eigenvalue weighted by Crippen LogP contribution is -2.30. The van der Waals surface area contributed by atoms with Gasteiger partial charge in [-0.3, -0.25) is 9.69 Å². The van der Waals surface area contributed by atoms with Gasteiger partial charge in [-0.2, -0.15) is 18.4 Å². The highest BCUT2D eigenvalue weighted by Gasteiger charge is 2.33. The molecule has 0 bridgehead atoms. The molecular weight excluding hydrogens is 295 g/mol. The molecule has 1 amide bonds. The number of halogens is 4. The molecule has 0 aliphatic rings. The molecule has 1 N–H and O–H groups in total. The summed E-state index contributed by atoms with van der Waals surface area (Å²) in [6.45, 7) is -0.0562. The number of nitriles is 1. The summed E-state index contributed by atoms with van der Waals surface area (Å²) in [7, 11) is 1.55. The van der Waals surface area contributed by atoms with Gasteiger partial charge in [0, 0.05) is 5.69 Å².